The Kier molecular flexibility index (Phi) is 5.13. The molecule has 78 valence electrons. The van der Waals surface area contributed by atoms with Crippen LogP contribution in [0, 0.1) is 5.92 Å². The second-order valence-corrected chi connectivity index (χ2v) is 4.08. The minimum Gasteiger partial charge on any atom is -0.508 e. The van der Waals surface area contributed by atoms with Gasteiger partial charge >= 0.3 is 0 Å². The van der Waals surface area contributed by atoms with Crippen molar-refractivity contribution in [2.45, 2.75) is 39.0 Å². The molecule has 0 aliphatic heterocycles. The lowest BCUT2D eigenvalue weighted by atomic mass is 9.91. The highest BCUT2D eigenvalue weighted by molar-refractivity contribution is 5.18. The molecule has 1 nitrogen and oxygen atoms in total. The molecule has 1 saturated carbocycles. The van der Waals surface area contributed by atoms with Gasteiger partial charge in [0.15, 0.2) is 0 Å². The van der Waals surface area contributed by atoms with Crippen LogP contribution in [0.25, 0.3) is 0 Å². The number of hydrogen-bond donors (Lipinski definition) is 1. The molecule has 2 rings (SSSR count). The van der Waals surface area contributed by atoms with Crippen molar-refractivity contribution in [1.29, 1.82) is 0 Å². The van der Waals surface area contributed by atoms with E-state index >= 15 is 0 Å². The number of para-hydroxylation sites is 1. The van der Waals surface area contributed by atoms with Gasteiger partial charge in [0.05, 0.1) is 0 Å². The van der Waals surface area contributed by atoms with Gasteiger partial charge in [0.25, 0.3) is 0 Å². The van der Waals surface area contributed by atoms with Gasteiger partial charge in [0.1, 0.15) is 5.75 Å². The summed E-state index contributed by atoms with van der Waals surface area (Å²) in [4.78, 5) is 0. The van der Waals surface area contributed by atoms with Crippen LogP contribution in [0.5, 0.6) is 5.75 Å². The van der Waals surface area contributed by atoms with Crippen molar-refractivity contribution >= 4 is 0 Å². The van der Waals surface area contributed by atoms with Gasteiger partial charge in [-0.25, -0.2) is 0 Å². The standard InChI is InChI=1S/C7H14.C6H6O/c1-7-5-3-2-4-6-7;7-6-4-2-1-3-5-6/h7H,2-6H2,1H3;1-5,7H. The molecule has 0 saturated heterocycles. The van der Waals surface area contributed by atoms with Crippen molar-refractivity contribution in [3.8, 4) is 5.75 Å². The molecule has 1 heteroatoms. The molecule has 1 aliphatic carbocycles. The van der Waals surface area contributed by atoms with E-state index in [-0.39, 0.29) is 0 Å². The summed E-state index contributed by atoms with van der Waals surface area (Å²) >= 11 is 0. The van der Waals surface area contributed by atoms with E-state index in [4.69, 9.17) is 5.11 Å². The molecule has 0 amide bonds. The fourth-order valence-electron chi connectivity index (χ4n) is 1.73. The van der Waals surface area contributed by atoms with Crippen molar-refractivity contribution in [1.82, 2.24) is 0 Å². The fourth-order valence-corrected chi connectivity index (χ4v) is 1.73. The van der Waals surface area contributed by atoms with Crippen molar-refractivity contribution in [3.05, 3.63) is 30.3 Å². The summed E-state index contributed by atoms with van der Waals surface area (Å²) in [6.45, 7) is 2.36. The Labute approximate surface area is 86.8 Å². The van der Waals surface area contributed by atoms with Crippen LogP contribution in [-0.4, -0.2) is 5.11 Å². The summed E-state index contributed by atoms with van der Waals surface area (Å²) in [7, 11) is 0. The van der Waals surface area contributed by atoms with Gasteiger partial charge in [-0.1, -0.05) is 57.2 Å². The Morgan fingerprint density at radius 1 is 1.00 bits per heavy atom. The van der Waals surface area contributed by atoms with Crippen LogP contribution >= 0.6 is 0 Å². The zero-order valence-corrected chi connectivity index (χ0v) is 8.95. The zero-order valence-electron chi connectivity index (χ0n) is 8.95. The van der Waals surface area contributed by atoms with Gasteiger partial charge in [-0.2, -0.15) is 0 Å². The minimum atomic E-state index is 0.322. The summed E-state index contributed by atoms with van der Waals surface area (Å²) < 4.78 is 0. The summed E-state index contributed by atoms with van der Waals surface area (Å²) in [5.41, 5.74) is 0. The lowest BCUT2D eigenvalue weighted by molar-refractivity contribution is 0.385. The van der Waals surface area contributed by atoms with E-state index in [1.807, 2.05) is 6.07 Å². The Balaban J connectivity index is 0.000000140. The Morgan fingerprint density at radius 2 is 1.57 bits per heavy atom. The first-order valence-electron chi connectivity index (χ1n) is 5.53. The molecule has 14 heavy (non-hydrogen) atoms. The van der Waals surface area contributed by atoms with Crippen LogP contribution in [0.1, 0.15) is 39.0 Å². The van der Waals surface area contributed by atoms with E-state index in [0.717, 1.165) is 5.92 Å². The molecule has 1 N–H and O–H groups in total. The van der Waals surface area contributed by atoms with Gasteiger partial charge in [-0.05, 0) is 18.1 Å². The predicted octanol–water partition coefficient (Wildman–Crippen LogP) is 3.98. The lowest BCUT2D eigenvalue weighted by Crippen LogP contribution is -1.99. The second-order valence-electron chi connectivity index (χ2n) is 4.08. The molecule has 0 atom stereocenters. The topological polar surface area (TPSA) is 20.2 Å². The third-order valence-corrected chi connectivity index (χ3v) is 2.65. The molecule has 1 aliphatic rings. The van der Waals surface area contributed by atoms with Crippen molar-refractivity contribution < 1.29 is 5.11 Å². The minimum absolute atomic E-state index is 0.322. The third-order valence-electron chi connectivity index (χ3n) is 2.65. The second kappa shape index (κ2) is 6.47. The van der Waals surface area contributed by atoms with Gasteiger partial charge in [-0.3, -0.25) is 0 Å². The maximum atomic E-state index is 8.63. The summed E-state index contributed by atoms with van der Waals surface area (Å²) in [6.07, 6.45) is 7.44. The number of benzene rings is 1. The molecule has 0 heterocycles. The predicted molar refractivity (Wildman–Crippen MR) is 60.4 cm³/mol. The average molecular weight is 192 g/mol. The molecule has 0 unspecified atom stereocenters. The SMILES string of the molecule is CC1CCCCC1.Oc1ccccc1. The van der Waals surface area contributed by atoms with Crippen LogP contribution in [0.15, 0.2) is 30.3 Å². The van der Waals surface area contributed by atoms with E-state index in [2.05, 4.69) is 6.92 Å². The van der Waals surface area contributed by atoms with Crippen LogP contribution in [0.4, 0.5) is 0 Å². The van der Waals surface area contributed by atoms with Crippen molar-refractivity contribution in [3.63, 3.8) is 0 Å². The maximum absolute atomic E-state index is 8.63. The van der Waals surface area contributed by atoms with Crippen molar-refractivity contribution in [2.24, 2.45) is 5.92 Å². The van der Waals surface area contributed by atoms with E-state index in [1.54, 1.807) is 24.3 Å². The van der Waals surface area contributed by atoms with Gasteiger partial charge in [0, 0.05) is 0 Å². The van der Waals surface area contributed by atoms with Gasteiger partial charge < -0.3 is 5.11 Å². The Hall–Kier alpha value is -0.980. The van der Waals surface area contributed by atoms with E-state index < -0.39 is 0 Å². The highest BCUT2D eigenvalue weighted by atomic mass is 16.3. The van der Waals surface area contributed by atoms with Crippen LogP contribution in [0.3, 0.4) is 0 Å². The molecular formula is C13H20O. The summed E-state index contributed by atoms with van der Waals surface area (Å²) in [5, 5.41) is 8.63. The summed E-state index contributed by atoms with van der Waals surface area (Å²) in [5.74, 6) is 1.36. The third kappa shape index (κ3) is 4.90. The van der Waals surface area contributed by atoms with E-state index in [1.165, 1.54) is 32.1 Å². The number of phenolic OH excluding ortho intramolecular Hbond substituents is 1. The smallest absolute Gasteiger partial charge is 0.115 e. The quantitative estimate of drug-likeness (QED) is 0.659. The largest absolute Gasteiger partial charge is 0.508 e. The normalized spacial score (nSPS) is 16.9. The first-order valence-corrected chi connectivity index (χ1v) is 5.53. The van der Waals surface area contributed by atoms with Crippen LogP contribution in [-0.2, 0) is 0 Å². The molecule has 1 aromatic carbocycles. The number of rotatable bonds is 0. The maximum Gasteiger partial charge on any atom is 0.115 e. The monoisotopic (exact) mass is 192 g/mol. The first-order chi connectivity index (χ1) is 6.79. The molecule has 0 bridgehead atoms. The van der Waals surface area contributed by atoms with Gasteiger partial charge in [0.2, 0.25) is 0 Å². The Morgan fingerprint density at radius 3 is 1.86 bits per heavy atom. The molecule has 1 fully saturated rings. The highest BCUT2D eigenvalue weighted by Gasteiger charge is 2.05. The highest BCUT2D eigenvalue weighted by Crippen LogP contribution is 2.22. The molecule has 0 aromatic heterocycles. The first kappa shape index (κ1) is 11.1. The number of hydrogen-bond acceptors (Lipinski definition) is 1. The summed E-state index contributed by atoms with van der Waals surface area (Å²) in [6, 6.07) is 8.71. The fraction of sp³-hybridized carbons (Fsp3) is 0.538. The zero-order chi connectivity index (χ0) is 10.2. The van der Waals surface area contributed by atoms with Crippen LogP contribution < -0.4 is 0 Å². The molecule has 1 aromatic rings. The Bertz CT molecular complexity index is 224. The molecule has 0 spiro atoms. The van der Waals surface area contributed by atoms with Gasteiger partial charge in [-0.15, -0.1) is 0 Å². The van der Waals surface area contributed by atoms with E-state index in [0.29, 0.717) is 5.75 Å². The lowest BCUT2D eigenvalue weighted by Gasteiger charge is -2.15. The average Bonchev–Trinajstić information content (AvgIpc) is 2.21. The number of phenols is 1. The van der Waals surface area contributed by atoms with Crippen LogP contribution in [0.2, 0.25) is 0 Å². The number of aromatic hydroxyl groups is 1. The molecule has 0 radical (unpaired) electrons. The molecular weight excluding hydrogens is 172 g/mol. The van der Waals surface area contributed by atoms with E-state index in [9.17, 15) is 0 Å². The van der Waals surface area contributed by atoms with Crippen molar-refractivity contribution in [2.75, 3.05) is 0 Å².